The maximum atomic E-state index is 13.0. The molecule has 2 aliphatic heterocycles. The fourth-order valence-corrected chi connectivity index (χ4v) is 2.88. The summed E-state index contributed by atoms with van der Waals surface area (Å²) >= 11 is 0. The van der Waals surface area contributed by atoms with Gasteiger partial charge in [0.25, 0.3) is 0 Å². The molecule has 2 heterocycles. The lowest BCUT2D eigenvalue weighted by Gasteiger charge is -2.19. The number of allylic oxidation sites excluding steroid dienone is 2. The van der Waals surface area contributed by atoms with Crippen molar-refractivity contribution in [1.29, 1.82) is 5.41 Å². The van der Waals surface area contributed by atoms with E-state index in [-0.39, 0.29) is 17.9 Å². The van der Waals surface area contributed by atoms with Gasteiger partial charge < -0.3 is 10.6 Å². The van der Waals surface area contributed by atoms with Crippen molar-refractivity contribution in [3.05, 3.63) is 46.7 Å². The van der Waals surface area contributed by atoms with Crippen molar-refractivity contribution in [3.8, 4) is 0 Å². The Morgan fingerprint density at radius 1 is 1.30 bits per heavy atom. The fourth-order valence-electron chi connectivity index (χ4n) is 2.88. The van der Waals surface area contributed by atoms with Gasteiger partial charge in [-0.05, 0) is 42.3 Å². The third-order valence-electron chi connectivity index (χ3n) is 4.00. The summed E-state index contributed by atoms with van der Waals surface area (Å²) in [5.74, 6) is -0.271. The number of amides is 1. The molecule has 3 rings (SSSR count). The van der Waals surface area contributed by atoms with Gasteiger partial charge in [-0.15, -0.1) is 0 Å². The van der Waals surface area contributed by atoms with Crippen LogP contribution in [0.2, 0.25) is 0 Å². The normalized spacial score (nSPS) is 18.4. The third kappa shape index (κ3) is 3.74. The van der Waals surface area contributed by atoms with E-state index in [0.717, 1.165) is 6.08 Å². The number of halogens is 5. The van der Waals surface area contributed by atoms with Crippen LogP contribution in [0.5, 0.6) is 0 Å². The number of nitrogens with zero attached hydrogens (tertiary/aromatic N) is 1. The number of anilines is 1. The van der Waals surface area contributed by atoms with Crippen molar-refractivity contribution in [2.75, 3.05) is 5.32 Å². The van der Waals surface area contributed by atoms with E-state index < -0.39 is 35.5 Å². The fraction of sp³-hybridized carbons (Fsp3) is 0.235. The average Bonchev–Trinajstić information content (AvgIpc) is 2.93. The second-order valence-electron chi connectivity index (χ2n) is 5.96. The largest absolute Gasteiger partial charge is 0.433 e. The number of aryl methyl sites for hydroxylation is 1. The van der Waals surface area contributed by atoms with Gasteiger partial charge in [0, 0.05) is 11.3 Å². The minimum Gasteiger partial charge on any atom is -0.327 e. The summed E-state index contributed by atoms with van der Waals surface area (Å²) in [5.41, 5.74) is -0.961. The van der Waals surface area contributed by atoms with E-state index >= 15 is 0 Å². The Balaban J connectivity index is 2.19. The number of carbonyl (C=O) groups excluding carboxylic acids is 1. The van der Waals surface area contributed by atoms with Crippen LogP contribution in [-0.2, 0) is 11.2 Å². The Hall–Kier alpha value is -3.04. The van der Waals surface area contributed by atoms with E-state index in [2.05, 4.69) is 10.3 Å². The van der Waals surface area contributed by atoms with Crippen LogP contribution in [0.3, 0.4) is 0 Å². The molecule has 0 bridgehead atoms. The Bertz CT molecular complexity index is 928. The number of fused-ring (bicyclic) bond motifs is 1. The van der Waals surface area contributed by atoms with Crippen LogP contribution in [-0.4, -0.2) is 30.1 Å². The van der Waals surface area contributed by atoms with Crippen LogP contribution in [0.15, 0.2) is 35.0 Å². The number of hydrogen-bond donors (Lipinski definition) is 3. The Morgan fingerprint density at radius 3 is 2.63 bits per heavy atom. The topological polar surface area (TPSA) is 77.3 Å². The van der Waals surface area contributed by atoms with Crippen molar-refractivity contribution in [1.82, 2.24) is 5.32 Å². The maximum Gasteiger partial charge on any atom is 0.433 e. The second kappa shape index (κ2) is 6.60. The first-order valence-electron chi connectivity index (χ1n) is 7.72. The Kier molecular flexibility index (Phi) is 4.58. The molecule has 1 aromatic carbocycles. The second-order valence-corrected chi connectivity index (χ2v) is 5.96. The van der Waals surface area contributed by atoms with Gasteiger partial charge in [-0.1, -0.05) is 0 Å². The van der Waals surface area contributed by atoms with Crippen LogP contribution < -0.4 is 10.6 Å². The van der Waals surface area contributed by atoms with Crippen molar-refractivity contribution in [2.24, 2.45) is 4.99 Å². The van der Waals surface area contributed by atoms with Crippen molar-refractivity contribution < 1.29 is 26.7 Å². The summed E-state index contributed by atoms with van der Waals surface area (Å²) in [4.78, 5) is 15.0. The summed E-state index contributed by atoms with van der Waals surface area (Å²) in [6.07, 6.45) is -3.30. The lowest BCUT2D eigenvalue weighted by molar-refractivity contribution is -0.115. The molecule has 10 heteroatoms. The van der Waals surface area contributed by atoms with Crippen LogP contribution in [0.4, 0.5) is 27.6 Å². The molecule has 0 saturated heterocycles. The maximum absolute atomic E-state index is 13.0. The van der Waals surface area contributed by atoms with Gasteiger partial charge in [0.2, 0.25) is 5.91 Å². The average molecular weight is 384 g/mol. The van der Waals surface area contributed by atoms with Crippen molar-refractivity contribution in [3.63, 3.8) is 0 Å². The summed E-state index contributed by atoms with van der Waals surface area (Å²) in [5, 5.41) is 12.3. The minimum atomic E-state index is -4.79. The molecule has 0 saturated carbocycles. The predicted molar refractivity (Wildman–Crippen MR) is 89.9 cm³/mol. The number of benzene rings is 1. The number of alkyl halides is 5. The molecule has 0 unspecified atom stereocenters. The van der Waals surface area contributed by atoms with Gasteiger partial charge in [0.05, 0.1) is 17.8 Å². The molecule has 0 aliphatic carbocycles. The standard InChI is InChI=1S/C17H13F5N4O/c1-7-4-8(5-9-6-12(27)25-13(7)9)14(26-16(18)19)15-10(23)2-3-11(24-15)17(20,21)22/h2-5,16,23,26H,6H2,1H3,(H,25,27)/b15-14+,23-10?. The number of carbonyl (C=O) groups is 1. The van der Waals surface area contributed by atoms with Crippen molar-refractivity contribution in [2.45, 2.75) is 26.1 Å². The quantitative estimate of drug-likeness (QED) is 0.551. The molecule has 1 amide bonds. The van der Waals surface area contributed by atoms with Gasteiger partial charge in [-0.3, -0.25) is 10.2 Å². The molecular weight excluding hydrogens is 371 g/mol. The Labute approximate surface area is 150 Å². The summed E-state index contributed by atoms with van der Waals surface area (Å²) in [6, 6.07) is 2.86. The molecular formula is C17H13F5N4O. The molecule has 0 fully saturated rings. The summed E-state index contributed by atoms with van der Waals surface area (Å²) < 4.78 is 65.0. The lowest BCUT2D eigenvalue weighted by atomic mass is 9.99. The van der Waals surface area contributed by atoms with E-state index in [1.807, 2.05) is 0 Å². The monoisotopic (exact) mass is 384 g/mol. The highest BCUT2D eigenvalue weighted by Crippen LogP contribution is 2.33. The number of aliphatic imine (C=N–C) groups is 1. The first kappa shape index (κ1) is 18.7. The van der Waals surface area contributed by atoms with Crippen molar-refractivity contribution >= 4 is 28.7 Å². The van der Waals surface area contributed by atoms with Crippen LogP contribution >= 0.6 is 0 Å². The zero-order chi connectivity index (χ0) is 19.9. The van der Waals surface area contributed by atoms with E-state index in [9.17, 15) is 26.7 Å². The van der Waals surface area contributed by atoms with Gasteiger partial charge >= 0.3 is 12.7 Å². The number of nitrogens with one attached hydrogen (secondary N) is 3. The number of dihydropyridines is 1. The molecule has 5 nitrogen and oxygen atoms in total. The summed E-state index contributed by atoms with van der Waals surface area (Å²) in [7, 11) is 0. The highest BCUT2D eigenvalue weighted by Gasteiger charge is 2.36. The lowest BCUT2D eigenvalue weighted by Crippen LogP contribution is -2.27. The van der Waals surface area contributed by atoms with Crippen LogP contribution in [0.1, 0.15) is 16.7 Å². The van der Waals surface area contributed by atoms with Gasteiger partial charge in [-0.2, -0.15) is 22.0 Å². The zero-order valence-electron chi connectivity index (χ0n) is 13.8. The van der Waals surface area contributed by atoms with Crippen LogP contribution in [0.25, 0.3) is 5.70 Å². The highest BCUT2D eigenvalue weighted by atomic mass is 19.4. The molecule has 142 valence electrons. The molecule has 0 aromatic heterocycles. The van der Waals surface area contributed by atoms with E-state index in [0.29, 0.717) is 22.9 Å². The van der Waals surface area contributed by atoms with Gasteiger partial charge in [-0.25, -0.2) is 4.99 Å². The van der Waals surface area contributed by atoms with Gasteiger partial charge in [0.15, 0.2) is 0 Å². The van der Waals surface area contributed by atoms with E-state index in [4.69, 9.17) is 5.41 Å². The van der Waals surface area contributed by atoms with Gasteiger partial charge in [0.1, 0.15) is 11.4 Å². The molecule has 27 heavy (non-hydrogen) atoms. The predicted octanol–water partition coefficient (Wildman–Crippen LogP) is 3.56. The van der Waals surface area contributed by atoms with E-state index in [1.165, 1.54) is 12.1 Å². The molecule has 0 atom stereocenters. The van der Waals surface area contributed by atoms with Crippen LogP contribution in [0, 0.1) is 12.3 Å². The molecule has 1 aromatic rings. The third-order valence-corrected chi connectivity index (χ3v) is 4.00. The molecule has 3 N–H and O–H groups in total. The first-order valence-corrected chi connectivity index (χ1v) is 7.72. The number of hydrogen-bond acceptors (Lipinski definition) is 4. The number of rotatable bonds is 3. The summed E-state index contributed by atoms with van der Waals surface area (Å²) in [6.45, 7) is -1.46. The SMILES string of the molecule is Cc1cc(/C(NC(F)F)=C2\N=C(C(F)(F)F)C=CC2=N)cc2c1NC(=O)C2. The van der Waals surface area contributed by atoms with E-state index in [1.54, 1.807) is 12.2 Å². The minimum absolute atomic E-state index is 0.0235. The molecule has 0 radical (unpaired) electrons. The molecule has 2 aliphatic rings. The zero-order valence-corrected chi connectivity index (χ0v) is 13.8. The Morgan fingerprint density at radius 2 is 2.00 bits per heavy atom. The smallest absolute Gasteiger partial charge is 0.327 e. The first-order chi connectivity index (χ1) is 12.6. The highest BCUT2D eigenvalue weighted by molar-refractivity contribution is 6.19. The molecule has 0 spiro atoms.